The monoisotopic (exact) mass is 310 g/mol. The summed E-state index contributed by atoms with van der Waals surface area (Å²) in [4.78, 5) is 11.4. The molecule has 0 bridgehead atoms. The van der Waals surface area contributed by atoms with Crippen molar-refractivity contribution in [3.63, 3.8) is 0 Å². The SMILES string of the molecule is CC1CCC(C(C)C)C(Oc2ccc(Cl)cc2C(=O)O)C1. The van der Waals surface area contributed by atoms with Crippen molar-refractivity contribution in [1.29, 1.82) is 0 Å². The van der Waals surface area contributed by atoms with Crippen LogP contribution in [0.2, 0.25) is 5.02 Å². The molecule has 0 saturated heterocycles. The van der Waals surface area contributed by atoms with Crippen LogP contribution in [-0.4, -0.2) is 17.2 Å². The molecule has 1 aliphatic rings. The van der Waals surface area contributed by atoms with Crippen LogP contribution in [0.1, 0.15) is 50.4 Å². The van der Waals surface area contributed by atoms with Gasteiger partial charge in [0.15, 0.2) is 0 Å². The lowest BCUT2D eigenvalue weighted by molar-refractivity contribution is 0.0437. The molecule has 0 radical (unpaired) electrons. The van der Waals surface area contributed by atoms with E-state index >= 15 is 0 Å². The third kappa shape index (κ3) is 3.91. The van der Waals surface area contributed by atoms with Gasteiger partial charge in [0.25, 0.3) is 0 Å². The van der Waals surface area contributed by atoms with Gasteiger partial charge in [-0.05, 0) is 48.8 Å². The highest BCUT2D eigenvalue weighted by Crippen LogP contribution is 2.37. The van der Waals surface area contributed by atoms with Gasteiger partial charge in [-0.15, -0.1) is 0 Å². The number of carboxylic acids is 1. The minimum Gasteiger partial charge on any atom is -0.489 e. The van der Waals surface area contributed by atoms with Crippen LogP contribution < -0.4 is 4.74 Å². The molecule has 3 atom stereocenters. The zero-order valence-corrected chi connectivity index (χ0v) is 13.6. The molecule has 2 rings (SSSR count). The van der Waals surface area contributed by atoms with Gasteiger partial charge in [0, 0.05) is 5.02 Å². The van der Waals surface area contributed by atoms with Crippen molar-refractivity contribution in [2.75, 3.05) is 0 Å². The van der Waals surface area contributed by atoms with Gasteiger partial charge in [-0.25, -0.2) is 4.79 Å². The Hall–Kier alpha value is -1.22. The Kier molecular flexibility index (Phi) is 5.15. The average molecular weight is 311 g/mol. The van der Waals surface area contributed by atoms with Crippen LogP contribution >= 0.6 is 11.6 Å². The van der Waals surface area contributed by atoms with Crippen LogP contribution in [-0.2, 0) is 0 Å². The maximum atomic E-state index is 11.4. The second-order valence-corrected chi connectivity index (χ2v) is 6.86. The van der Waals surface area contributed by atoms with E-state index in [2.05, 4.69) is 20.8 Å². The summed E-state index contributed by atoms with van der Waals surface area (Å²) in [5.41, 5.74) is 0.142. The number of benzene rings is 1. The largest absolute Gasteiger partial charge is 0.489 e. The van der Waals surface area contributed by atoms with Crippen molar-refractivity contribution in [2.45, 2.75) is 46.1 Å². The van der Waals surface area contributed by atoms with Crippen LogP contribution in [0.5, 0.6) is 5.75 Å². The van der Waals surface area contributed by atoms with Crippen LogP contribution in [0.3, 0.4) is 0 Å². The van der Waals surface area contributed by atoms with Gasteiger partial charge < -0.3 is 9.84 Å². The number of carbonyl (C=O) groups is 1. The van der Waals surface area contributed by atoms with Crippen molar-refractivity contribution >= 4 is 17.6 Å². The number of rotatable bonds is 4. The van der Waals surface area contributed by atoms with E-state index in [9.17, 15) is 9.90 Å². The average Bonchev–Trinajstić information content (AvgIpc) is 2.40. The summed E-state index contributed by atoms with van der Waals surface area (Å²) in [5.74, 6) is 1.04. The number of ether oxygens (including phenoxy) is 1. The molecular formula is C17H23ClO3. The van der Waals surface area contributed by atoms with E-state index in [1.807, 2.05) is 0 Å². The predicted octanol–water partition coefficient (Wildman–Crippen LogP) is 4.88. The van der Waals surface area contributed by atoms with Gasteiger partial charge in [0.1, 0.15) is 17.4 Å². The molecule has 1 N–H and O–H groups in total. The second kappa shape index (κ2) is 6.69. The van der Waals surface area contributed by atoms with Crippen LogP contribution in [0.4, 0.5) is 0 Å². The summed E-state index contributed by atoms with van der Waals surface area (Å²) in [6.45, 7) is 6.64. The molecule has 1 aliphatic carbocycles. The first-order valence-electron chi connectivity index (χ1n) is 7.58. The molecule has 0 spiro atoms. The van der Waals surface area contributed by atoms with E-state index in [0.29, 0.717) is 28.5 Å². The summed E-state index contributed by atoms with van der Waals surface area (Å²) >= 11 is 5.89. The molecule has 0 aliphatic heterocycles. The van der Waals surface area contributed by atoms with Crippen LogP contribution in [0.15, 0.2) is 18.2 Å². The van der Waals surface area contributed by atoms with Crippen LogP contribution in [0.25, 0.3) is 0 Å². The second-order valence-electron chi connectivity index (χ2n) is 6.43. The third-order valence-electron chi connectivity index (χ3n) is 4.41. The highest BCUT2D eigenvalue weighted by atomic mass is 35.5. The summed E-state index contributed by atoms with van der Waals surface area (Å²) < 4.78 is 6.11. The molecule has 0 heterocycles. The minimum absolute atomic E-state index is 0.0769. The quantitative estimate of drug-likeness (QED) is 0.862. The lowest BCUT2D eigenvalue weighted by Gasteiger charge is -2.37. The summed E-state index contributed by atoms with van der Waals surface area (Å²) in [5, 5.41) is 9.72. The summed E-state index contributed by atoms with van der Waals surface area (Å²) in [7, 11) is 0. The standard InChI is InChI=1S/C17H23ClO3/c1-10(2)13-6-4-11(3)8-16(13)21-15-7-5-12(18)9-14(15)17(19)20/h5,7,9-11,13,16H,4,6,8H2,1-3H3,(H,19,20). The molecule has 3 unspecified atom stereocenters. The first-order chi connectivity index (χ1) is 9.88. The van der Waals surface area contributed by atoms with E-state index in [1.54, 1.807) is 12.1 Å². The number of hydrogen-bond acceptors (Lipinski definition) is 2. The minimum atomic E-state index is -1.00. The Morgan fingerprint density at radius 1 is 1.38 bits per heavy atom. The Balaban J connectivity index is 2.24. The molecule has 1 saturated carbocycles. The van der Waals surface area contributed by atoms with Crippen molar-refractivity contribution < 1.29 is 14.6 Å². The summed E-state index contributed by atoms with van der Waals surface area (Å²) in [6, 6.07) is 4.80. The van der Waals surface area contributed by atoms with E-state index in [1.165, 1.54) is 12.5 Å². The Labute approximate surface area is 131 Å². The zero-order chi connectivity index (χ0) is 15.6. The lowest BCUT2D eigenvalue weighted by Crippen LogP contribution is -2.36. The summed E-state index contributed by atoms with van der Waals surface area (Å²) in [6.07, 6.45) is 3.41. The molecule has 4 heteroatoms. The topological polar surface area (TPSA) is 46.5 Å². The zero-order valence-electron chi connectivity index (χ0n) is 12.8. The highest BCUT2D eigenvalue weighted by molar-refractivity contribution is 6.31. The number of hydrogen-bond donors (Lipinski definition) is 1. The first-order valence-corrected chi connectivity index (χ1v) is 7.95. The number of aromatic carboxylic acids is 1. The maximum Gasteiger partial charge on any atom is 0.339 e. The van der Waals surface area contributed by atoms with E-state index < -0.39 is 5.97 Å². The van der Waals surface area contributed by atoms with Crippen molar-refractivity contribution in [3.05, 3.63) is 28.8 Å². The predicted molar refractivity (Wildman–Crippen MR) is 84.2 cm³/mol. The molecule has 3 nitrogen and oxygen atoms in total. The lowest BCUT2D eigenvalue weighted by atomic mass is 9.75. The Morgan fingerprint density at radius 3 is 2.71 bits per heavy atom. The van der Waals surface area contributed by atoms with E-state index in [-0.39, 0.29) is 11.7 Å². The fourth-order valence-corrected chi connectivity index (χ4v) is 3.36. The van der Waals surface area contributed by atoms with Gasteiger partial charge in [0.05, 0.1) is 0 Å². The van der Waals surface area contributed by atoms with E-state index in [0.717, 1.165) is 12.8 Å². The first kappa shape index (κ1) is 16.2. The fourth-order valence-electron chi connectivity index (χ4n) is 3.19. The Bertz CT molecular complexity index is 513. The molecule has 1 fully saturated rings. The molecule has 1 aromatic rings. The molecule has 0 aromatic heterocycles. The third-order valence-corrected chi connectivity index (χ3v) is 4.65. The molecule has 1 aromatic carbocycles. The molecule has 21 heavy (non-hydrogen) atoms. The molecule has 116 valence electrons. The van der Waals surface area contributed by atoms with Gasteiger partial charge in [-0.1, -0.05) is 38.8 Å². The molecule has 0 amide bonds. The smallest absolute Gasteiger partial charge is 0.339 e. The van der Waals surface area contributed by atoms with Crippen LogP contribution in [0, 0.1) is 17.8 Å². The van der Waals surface area contributed by atoms with E-state index in [4.69, 9.17) is 16.3 Å². The highest BCUT2D eigenvalue weighted by Gasteiger charge is 2.33. The van der Waals surface area contributed by atoms with Crippen molar-refractivity contribution in [1.82, 2.24) is 0 Å². The fraction of sp³-hybridized carbons (Fsp3) is 0.588. The van der Waals surface area contributed by atoms with Gasteiger partial charge in [-0.2, -0.15) is 0 Å². The van der Waals surface area contributed by atoms with Gasteiger partial charge >= 0.3 is 5.97 Å². The number of carboxylic acid groups (broad SMARTS) is 1. The normalized spacial score (nSPS) is 25.9. The van der Waals surface area contributed by atoms with Crippen molar-refractivity contribution in [2.24, 2.45) is 17.8 Å². The molecular weight excluding hydrogens is 288 g/mol. The van der Waals surface area contributed by atoms with Gasteiger partial charge in [-0.3, -0.25) is 0 Å². The number of halogens is 1. The maximum absolute atomic E-state index is 11.4. The Morgan fingerprint density at radius 2 is 2.10 bits per heavy atom. The van der Waals surface area contributed by atoms with Crippen molar-refractivity contribution in [3.8, 4) is 5.75 Å². The van der Waals surface area contributed by atoms with Gasteiger partial charge in [0.2, 0.25) is 0 Å².